The molecule has 1 N–H and O–H groups in total. The van der Waals surface area contributed by atoms with Crippen LogP contribution in [0.15, 0.2) is 42.7 Å². The fourth-order valence-corrected chi connectivity index (χ4v) is 3.20. The fourth-order valence-electron chi connectivity index (χ4n) is 3.20. The average molecular weight is 284 g/mol. The van der Waals surface area contributed by atoms with E-state index < -0.39 is 11.4 Å². The van der Waals surface area contributed by atoms with Crippen LogP contribution < -0.4 is 0 Å². The summed E-state index contributed by atoms with van der Waals surface area (Å²) >= 11 is 0. The van der Waals surface area contributed by atoms with Crippen LogP contribution in [0.5, 0.6) is 0 Å². The minimum Gasteiger partial charge on any atom is -0.481 e. The molecule has 2 atom stereocenters. The van der Waals surface area contributed by atoms with Crippen LogP contribution in [-0.2, 0) is 10.2 Å². The van der Waals surface area contributed by atoms with E-state index in [4.69, 9.17) is 0 Å². The normalized spacial score (nSPS) is 24.0. The fraction of sp³-hybridized carbons (Fsp3) is 0.412. The lowest BCUT2D eigenvalue weighted by Gasteiger charge is -2.14. The molecule has 0 amide bonds. The van der Waals surface area contributed by atoms with E-state index in [0.717, 1.165) is 36.9 Å². The predicted molar refractivity (Wildman–Crippen MR) is 80.5 cm³/mol. The molecular formula is C17H20N2O2. The molecule has 1 aromatic heterocycles. The van der Waals surface area contributed by atoms with Crippen LogP contribution in [0, 0.1) is 5.92 Å². The number of aliphatic carboxylic acids is 1. The van der Waals surface area contributed by atoms with Gasteiger partial charge in [-0.05, 0) is 42.5 Å². The number of carbonyl (C=O) groups is 1. The van der Waals surface area contributed by atoms with E-state index in [0.29, 0.717) is 0 Å². The third kappa shape index (κ3) is 2.35. The van der Waals surface area contributed by atoms with Crippen LogP contribution in [0.25, 0.3) is 5.69 Å². The highest BCUT2D eigenvalue weighted by Crippen LogP contribution is 2.56. The van der Waals surface area contributed by atoms with Crippen molar-refractivity contribution in [2.45, 2.75) is 38.0 Å². The van der Waals surface area contributed by atoms with E-state index in [2.05, 4.69) is 12.0 Å². The summed E-state index contributed by atoms with van der Waals surface area (Å²) in [6.45, 7) is 2.14. The van der Waals surface area contributed by atoms with E-state index in [9.17, 15) is 9.90 Å². The summed E-state index contributed by atoms with van der Waals surface area (Å²) in [7, 11) is 0. The summed E-state index contributed by atoms with van der Waals surface area (Å²) in [6, 6.07) is 9.65. The van der Waals surface area contributed by atoms with E-state index in [1.54, 1.807) is 10.9 Å². The summed E-state index contributed by atoms with van der Waals surface area (Å²) in [6.07, 6.45) is 7.60. The number of nitrogens with zero attached hydrogens (tertiary/aromatic N) is 2. The molecule has 0 aliphatic heterocycles. The first-order valence-electron chi connectivity index (χ1n) is 7.52. The molecule has 1 saturated carbocycles. The highest BCUT2D eigenvalue weighted by atomic mass is 16.4. The number of unbranched alkanes of at least 4 members (excludes halogenated alkanes) is 1. The van der Waals surface area contributed by atoms with Gasteiger partial charge in [-0.3, -0.25) is 4.79 Å². The zero-order valence-corrected chi connectivity index (χ0v) is 12.2. The molecule has 0 radical (unpaired) electrons. The Morgan fingerprint density at radius 2 is 2.19 bits per heavy atom. The highest BCUT2D eigenvalue weighted by Gasteiger charge is 2.60. The van der Waals surface area contributed by atoms with Gasteiger partial charge in [0.05, 0.1) is 11.1 Å². The number of hydrogen-bond donors (Lipinski definition) is 1. The molecule has 0 saturated heterocycles. The lowest BCUT2D eigenvalue weighted by Crippen LogP contribution is -2.22. The second kappa shape index (κ2) is 5.35. The SMILES string of the molecule is CCCCC1CC1(C(=O)O)c1ccc(-n2cccn2)cc1. The Kier molecular flexibility index (Phi) is 3.53. The average Bonchev–Trinajstić information content (AvgIpc) is 2.98. The van der Waals surface area contributed by atoms with Crippen molar-refractivity contribution in [3.63, 3.8) is 0 Å². The Labute approximate surface area is 124 Å². The Morgan fingerprint density at radius 1 is 1.43 bits per heavy atom. The molecule has 3 rings (SSSR count). The molecule has 2 unspecified atom stereocenters. The van der Waals surface area contributed by atoms with Crippen molar-refractivity contribution >= 4 is 5.97 Å². The van der Waals surface area contributed by atoms with Crippen molar-refractivity contribution in [1.82, 2.24) is 9.78 Å². The van der Waals surface area contributed by atoms with Crippen molar-refractivity contribution in [3.8, 4) is 5.69 Å². The molecule has 4 heteroatoms. The number of carboxylic acid groups (broad SMARTS) is 1. The van der Waals surface area contributed by atoms with Crippen LogP contribution in [0.4, 0.5) is 0 Å². The van der Waals surface area contributed by atoms with Gasteiger partial charge in [0, 0.05) is 12.4 Å². The smallest absolute Gasteiger partial charge is 0.314 e. The van der Waals surface area contributed by atoms with Gasteiger partial charge in [-0.2, -0.15) is 5.10 Å². The molecule has 1 aliphatic rings. The minimum absolute atomic E-state index is 0.283. The molecule has 0 bridgehead atoms. The molecule has 2 aromatic rings. The second-order valence-electron chi connectivity index (χ2n) is 5.82. The van der Waals surface area contributed by atoms with Crippen LogP contribution in [0.3, 0.4) is 0 Å². The number of aromatic nitrogens is 2. The Hall–Kier alpha value is -2.10. The van der Waals surface area contributed by atoms with E-state index in [1.807, 2.05) is 36.5 Å². The first-order chi connectivity index (χ1) is 10.2. The van der Waals surface area contributed by atoms with Crippen molar-refractivity contribution in [2.24, 2.45) is 5.92 Å². The maximum absolute atomic E-state index is 11.8. The highest BCUT2D eigenvalue weighted by molar-refractivity contribution is 5.86. The van der Waals surface area contributed by atoms with Crippen LogP contribution in [0.2, 0.25) is 0 Å². The van der Waals surface area contributed by atoms with E-state index in [1.165, 1.54) is 0 Å². The first-order valence-corrected chi connectivity index (χ1v) is 7.52. The van der Waals surface area contributed by atoms with Crippen molar-refractivity contribution in [3.05, 3.63) is 48.3 Å². The van der Waals surface area contributed by atoms with Gasteiger partial charge >= 0.3 is 5.97 Å². The lowest BCUT2D eigenvalue weighted by atomic mass is 9.91. The van der Waals surface area contributed by atoms with Gasteiger partial charge in [0.2, 0.25) is 0 Å². The van der Waals surface area contributed by atoms with E-state index >= 15 is 0 Å². The standard InChI is InChI=1S/C17H20N2O2/c1-2-3-5-14-12-17(14,16(20)21)13-6-8-15(9-7-13)19-11-4-10-18-19/h4,6-11,14H,2-3,5,12H2,1H3,(H,20,21). The Morgan fingerprint density at radius 3 is 2.76 bits per heavy atom. The maximum atomic E-state index is 11.8. The molecular weight excluding hydrogens is 264 g/mol. The van der Waals surface area contributed by atoms with Crippen molar-refractivity contribution in [1.29, 1.82) is 0 Å². The first kappa shape index (κ1) is 13.9. The van der Waals surface area contributed by atoms with E-state index in [-0.39, 0.29) is 5.92 Å². The maximum Gasteiger partial charge on any atom is 0.314 e. The Bertz CT molecular complexity index is 619. The van der Waals surface area contributed by atoms with Gasteiger partial charge in [0.15, 0.2) is 0 Å². The zero-order valence-electron chi connectivity index (χ0n) is 12.2. The Balaban J connectivity index is 1.84. The molecule has 4 nitrogen and oxygen atoms in total. The van der Waals surface area contributed by atoms with Gasteiger partial charge in [0.25, 0.3) is 0 Å². The largest absolute Gasteiger partial charge is 0.481 e. The molecule has 1 heterocycles. The van der Waals surface area contributed by atoms with Gasteiger partial charge in [-0.15, -0.1) is 0 Å². The van der Waals surface area contributed by atoms with Crippen LogP contribution in [-0.4, -0.2) is 20.9 Å². The van der Waals surface area contributed by atoms with Crippen LogP contribution in [0.1, 0.15) is 38.2 Å². The third-order valence-electron chi connectivity index (χ3n) is 4.54. The number of benzene rings is 1. The van der Waals surface area contributed by atoms with Crippen LogP contribution >= 0.6 is 0 Å². The molecule has 1 aromatic carbocycles. The third-order valence-corrected chi connectivity index (χ3v) is 4.54. The molecule has 0 spiro atoms. The second-order valence-corrected chi connectivity index (χ2v) is 5.82. The summed E-state index contributed by atoms with van der Waals surface area (Å²) in [5.41, 5.74) is 1.22. The predicted octanol–water partition coefficient (Wildman–Crippen LogP) is 3.40. The number of rotatable bonds is 6. The van der Waals surface area contributed by atoms with Crippen molar-refractivity contribution < 1.29 is 9.90 Å². The number of carboxylic acids is 1. The topological polar surface area (TPSA) is 55.1 Å². The van der Waals surface area contributed by atoms with Crippen molar-refractivity contribution in [2.75, 3.05) is 0 Å². The monoisotopic (exact) mass is 284 g/mol. The summed E-state index contributed by atoms with van der Waals surface area (Å²) < 4.78 is 1.78. The van der Waals surface area contributed by atoms with Gasteiger partial charge < -0.3 is 5.11 Å². The minimum atomic E-state index is -0.685. The summed E-state index contributed by atoms with van der Waals surface area (Å²) in [5, 5.41) is 13.8. The molecule has 1 fully saturated rings. The summed E-state index contributed by atoms with van der Waals surface area (Å²) in [5.74, 6) is -0.402. The molecule has 110 valence electrons. The zero-order chi connectivity index (χ0) is 14.9. The van der Waals surface area contributed by atoms with Gasteiger partial charge in [-0.1, -0.05) is 31.9 Å². The quantitative estimate of drug-likeness (QED) is 0.884. The van der Waals surface area contributed by atoms with Gasteiger partial charge in [-0.25, -0.2) is 4.68 Å². The lowest BCUT2D eigenvalue weighted by molar-refractivity contribution is -0.140. The summed E-state index contributed by atoms with van der Waals surface area (Å²) in [4.78, 5) is 11.8. The number of hydrogen-bond acceptors (Lipinski definition) is 2. The molecule has 21 heavy (non-hydrogen) atoms. The molecule has 1 aliphatic carbocycles. The van der Waals surface area contributed by atoms with Gasteiger partial charge in [0.1, 0.15) is 0 Å².